The number of furan rings is 1. The number of hydrogen-bond donors (Lipinski definition) is 1. The maximum absolute atomic E-state index is 12.6. The van der Waals surface area contributed by atoms with Crippen LogP contribution in [0.1, 0.15) is 27.7 Å². The number of nitrogens with zero attached hydrogens (tertiary/aromatic N) is 2. The van der Waals surface area contributed by atoms with Crippen LogP contribution in [0.2, 0.25) is 0 Å². The summed E-state index contributed by atoms with van der Waals surface area (Å²) in [6.07, 6.45) is 3.73. The number of imidazole rings is 1. The third-order valence-electron chi connectivity index (χ3n) is 5.48. The van der Waals surface area contributed by atoms with Crippen molar-refractivity contribution in [3.8, 4) is 5.75 Å². The van der Waals surface area contributed by atoms with E-state index < -0.39 is 0 Å². The largest absolute Gasteiger partial charge is 0.486 e. The molecule has 0 unspecified atom stereocenters. The van der Waals surface area contributed by atoms with Gasteiger partial charge in [0.2, 0.25) is 0 Å². The summed E-state index contributed by atoms with van der Waals surface area (Å²) in [7, 11) is 0. The second-order valence-electron chi connectivity index (χ2n) is 7.82. The Balaban J connectivity index is 1.18. The number of rotatable bonds is 7. The van der Waals surface area contributed by atoms with Crippen LogP contribution in [-0.2, 0) is 13.2 Å². The van der Waals surface area contributed by atoms with Crippen LogP contribution in [0.4, 0.5) is 5.69 Å². The Morgan fingerprint density at radius 1 is 1.00 bits per heavy atom. The summed E-state index contributed by atoms with van der Waals surface area (Å²) in [5.74, 6) is 2.24. The summed E-state index contributed by atoms with van der Waals surface area (Å²) in [5.41, 5.74) is 1.83. The first-order chi connectivity index (χ1) is 16.1. The lowest BCUT2D eigenvalue weighted by atomic mass is 10.1. The van der Waals surface area contributed by atoms with E-state index in [-0.39, 0.29) is 18.3 Å². The third-order valence-corrected chi connectivity index (χ3v) is 5.48. The van der Waals surface area contributed by atoms with Gasteiger partial charge in [0, 0.05) is 24.6 Å². The maximum atomic E-state index is 12.6. The number of hydrogen-bond acceptors (Lipinski definition) is 4. The lowest BCUT2D eigenvalue weighted by Gasteiger charge is -2.08. The molecule has 0 atom stereocenters. The smallest absolute Gasteiger partial charge is 0.291 e. The summed E-state index contributed by atoms with van der Waals surface area (Å²) in [4.78, 5) is 16.8. The minimum Gasteiger partial charge on any atom is -0.486 e. The number of anilines is 1. The number of fused-ring (bicyclic) bond motifs is 1. The molecule has 5 rings (SSSR count). The summed E-state index contributed by atoms with van der Waals surface area (Å²) in [5, 5.41) is 5.14. The van der Waals surface area contributed by atoms with Gasteiger partial charge in [0.15, 0.2) is 5.76 Å². The molecule has 0 aliphatic heterocycles. The molecule has 33 heavy (non-hydrogen) atoms. The van der Waals surface area contributed by atoms with Gasteiger partial charge in [0.1, 0.15) is 23.9 Å². The highest BCUT2D eigenvalue weighted by Gasteiger charge is 2.12. The van der Waals surface area contributed by atoms with E-state index in [1.807, 2.05) is 73.8 Å². The van der Waals surface area contributed by atoms with Crippen LogP contribution in [0, 0.1) is 6.92 Å². The first-order valence-electron chi connectivity index (χ1n) is 10.7. The first kappa shape index (κ1) is 20.6. The van der Waals surface area contributed by atoms with Gasteiger partial charge in [-0.3, -0.25) is 4.79 Å². The third kappa shape index (κ3) is 4.80. The van der Waals surface area contributed by atoms with Crippen molar-refractivity contribution >= 4 is 22.4 Å². The Kier molecular flexibility index (Phi) is 5.64. The lowest BCUT2D eigenvalue weighted by molar-refractivity contribution is 0.0992. The maximum Gasteiger partial charge on any atom is 0.291 e. The van der Waals surface area contributed by atoms with E-state index in [1.165, 1.54) is 0 Å². The van der Waals surface area contributed by atoms with Crippen molar-refractivity contribution in [2.24, 2.45) is 0 Å². The van der Waals surface area contributed by atoms with Crippen molar-refractivity contribution in [1.82, 2.24) is 9.55 Å². The fraction of sp³-hybridized carbons (Fsp3) is 0.111. The Morgan fingerprint density at radius 2 is 1.82 bits per heavy atom. The monoisotopic (exact) mass is 437 g/mol. The minimum atomic E-state index is -0.301. The predicted molar refractivity (Wildman–Crippen MR) is 127 cm³/mol. The van der Waals surface area contributed by atoms with Gasteiger partial charge >= 0.3 is 0 Å². The highest BCUT2D eigenvalue weighted by molar-refractivity contribution is 6.02. The van der Waals surface area contributed by atoms with Gasteiger partial charge in [-0.15, -0.1) is 0 Å². The fourth-order valence-electron chi connectivity index (χ4n) is 3.64. The SMILES string of the molecule is Cc1nccn1Cc1ccc(NC(=O)c2ccc(COc3ccc4ccccc4c3)o2)cc1. The molecule has 0 radical (unpaired) electrons. The van der Waals surface area contributed by atoms with Gasteiger partial charge in [-0.25, -0.2) is 4.98 Å². The molecule has 0 fully saturated rings. The molecule has 0 spiro atoms. The molecule has 5 aromatic rings. The number of carbonyl (C=O) groups excluding carboxylic acids is 1. The number of aryl methyl sites for hydroxylation is 1. The van der Waals surface area contributed by atoms with Crippen LogP contribution in [0.5, 0.6) is 5.75 Å². The van der Waals surface area contributed by atoms with Gasteiger partial charge in [0.05, 0.1) is 0 Å². The van der Waals surface area contributed by atoms with Crippen molar-refractivity contribution in [2.45, 2.75) is 20.1 Å². The van der Waals surface area contributed by atoms with Crippen molar-refractivity contribution < 1.29 is 13.9 Å². The minimum absolute atomic E-state index is 0.241. The van der Waals surface area contributed by atoms with Gasteiger partial charge < -0.3 is 19.0 Å². The molecule has 0 aliphatic carbocycles. The summed E-state index contributed by atoms with van der Waals surface area (Å²) < 4.78 is 13.6. The highest BCUT2D eigenvalue weighted by atomic mass is 16.5. The van der Waals surface area contributed by atoms with Crippen LogP contribution >= 0.6 is 0 Å². The quantitative estimate of drug-likeness (QED) is 0.348. The number of ether oxygens (including phenoxy) is 1. The molecule has 1 N–H and O–H groups in total. The number of carbonyl (C=O) groups is 1. The average molecular weight is 437 g/mol. The molecule has 164 valence electrons. The Bertz CT molecular complexity index is 1400. The van der Waals surface area contributed by atoms with Crippen molar-refractivity contribution in [2.75, 3.05) is 5.32 Å². The molecular weight excluding hydrogens is 414 g/mol. The number of amides is 1. The molecule has 0 saturated heterocycles. The number of benzene rings is 3. The highest BCUT2D eigenvalue weighted by Crippen LogP contribution is 2.22. The number of aromatic nitrogens is 2. The molecule has 6 nitrogen and oxygen atoms in total. The summed E-state index contributed by atoms with van der Waals surface area (Å²) in [6.45, 7) is 2.95. The molecule has 0 saturated carbocycles. The first-order valence-corrected chi connectivity index (χ1v) is 10.7. The van der Waals surface area contributed by atoms with Crippen molar-refractivity contribution in [3.63, 3.8) is 0 Å². The molecule has 6 heteroatoms. The Morgan fingerprint density at radius 3 is 2.61 bits per heavy atom. The lowest BCUT2D eigenvalue weighted by Crippen LogP contribution is -2.11. The van der Waals surface area contributed by atoms with Crippen LogP contribution in [0.3, 0.4) is 0 Å². The van der Waals surface area contributed by atoms with Crippen molar-refractivity contribution in [1.29, 1.82) is 0 Å². The van der Waals surface area contributed by atoms with Crippen molar-refractivity contribution in [3.05, 3.63) is 114 Å². The van der Waals surface area contributed by atoms with Gasteiger partial charge in [0.25, 0.3) is 5.91 Å². The molecule has 0 aliphatic rings. The van der Waals surface area contributed by atoms with Crippen LogP contribution in [-0.4, -0.2) is 15.5 Å². The van der Waals surface area contributed by atoms with E-state index >= 15 is 0 Å². The van der Waals surface area contributed by atoms with Crippen LogP contribution in [0.25, 0.3) is 10.8 Å². The van der Waals surface area contributed by atoms with E-state index in [4.69, 9.17) is 9.15 Å². The van der Waals surface area contributed by atoms with E-state index in [1.54, 1.807) is 18.3 Å². The van der Waals surface area contributed by atoms with Gasteiger partial charge in [-0.2, -0.15) is 0 Å². The van der Waals surface area contributed by atoms with E-state index in [9.17, 15) is 4.79 Å². The fourth-order valence-corrected chi connectivity index (χ4v) is 3.64. The molecule has 2 aromatic heterocycles. The second kappa shape index (κ2) is 9.04. The second-order valence-corrected chi connectivity index (χ2v) is 7.82. The van der Waals surface area contributed by atoms with E-state index in [2.05, 4.69) is 20.9 Å². The standard InChI is InChI=1S/C27H23N3O3/c1-19-28-14-15-30(19)17-20-6-9-23(10-7-20)29-27(31)26-13-12-25(33-26)18-32-24-11-8-21-4-2-3-5-22(21)16-24/h2-16H,17-18H2,1H3,(H,29,31). The average Bonchev–Trinajstić information content (AvgIpc) is 3.48. The summed E-state index contributed by atoms with van der Waals surface area (Å²) in [6, 6.07) is 25.2. The zero-order valence-corrected chi connectivity index (χ0v) is 18.2. The molecular formula is C27H23N3O3. The Labute approximate surface area is 191 Å². The Hall–Kier alpha value is -4.32. The normalized spacial score (nSPS) is 10.9. The van der Waals surface area contributed by atoms with E-state index in [0.29, 0.717) is 11.4 Å². The topological polar surface area (TPSA) is 69.3 Å². The van der Waals surface area contributed by atoms with E-state index in [0.717, 1.165) is 34.5 Å². The van der Waals surface area contributed by atoms with Crippen LogP contribution in [0.15, 0.2) is 95.7 Å². The molecule has 2 heterocycles. The van der Waals surface area contributed by atoms with Gasteiger partial charge in [-0.1, -0.05) is 42.5 Å². The number of nitrogens with one attached hydrogen (secondary N) is 1. The molecule has 3 aromatic carbocycles. The summed E-state index contributed by atoms with van der Waals surface area (Å²) >= 11 is 0. The van der Waals surface area contributed by atoms with Crippen LogP contribution < -0.4 is 10.1 Å². The molecule has 1 amide bonds. The van der Waals surface area contributed by atoms with Gasteiger partial charge in [-0.05, 0) is 59.7 Å². The zero-order valence-electron chi connectivity index (χ0n) is 18.2. The zero-order chi connectivity index (χ0) is 22.6. The molecule has 0 bridgehead atoms. The predicted octanol–water partition coefficient (Wildman–Crippen LogP) is 5.82.